The zero-order chi connectivity index (χ0) is 20.4. The van der Waals surface area contributed by atoms with E-state index in [4.69, 9.17) is 13.9 Å². The molecule has 0 fully saturated rings. The van der Waals surface area contributed by atoms with Crippen LogP contribution >= 0.6 is 0 Å². The molecule has 0 radical (unpaired) electrons. The number of hydrogen-bond donors (Lipinski definition) is 1. The van der Waals surface area contributed by atoms with Crippen molar-refractivity contribution >= 4 is 23.5 Å². The number of Topliss-reactive ketones (excluding diaryl/α,β-unsaturated/α-hetero) is 1. The fourth-order valence-corrected chi connectivity index (χ4v) is 3.05. The fourth-order valence-electron chi connectivity index (χ4n) is 3.05. The number of aryl methyl sites for hydroxylation is 2. The number of allylic oxidation sites excluding steroid dienone is 1. The summed E-state index contributed by atoms with van der Waals surface area (Å²) in [5.41, 5.74) is 3.30. The van der Waals surface area contributed by atoms with Gasteiger partial charge in [0.25, 0.3) is 5.91 Å². The van der Waals surface area contributed by atoms with Crippen molar-refractivity contribution in [1.82, 2.24) is 0 Å². The standard InChI is InChI=1S/C23H19NO5/c1-14-5-8-19(15(2)10-14)24-22(25)13-28-17-6-7-18-20(11-17)29-21(23(18)26)12-16-4-3-9-27-16/h3-12H,13H2,1-2H3,(H,24,25). The number of amides is 1. The second kappa shape index (κ2) is 7.67. The first-order valence-corrected chi connectivity index (χ1v) is 9.11. The lowest BCUT2D eigenvalue weighted by Crippen LogP contribution is -2.20. The van der Waals surface area contributed by atoms with Crippen molar-refractivity contribution in [1.29, 1.82) is 0 Å². The van der Waals surface area contributed by atoms with Gasteiger partial charge in [0, 0.05) is 17.8 Å². The van der Waals surface area contributed by atoms with Crippen molar-refractivity contribution in [2.24, 2.45) is 0 Å². The van der Waals surface area contributed by atoms with Crippen LogP contribution < -0.4 is 14.8 Å². The molecule has 0 saturated carbocycles. The lowest BCUT2D eigenvalue weighted by atomic mass is 10.1. The molecule has 0 saturated heterocycles. The lowest BCUT2D eigenvalue weighted by molar-refractivity contribution is -0.118. The van der Waals surface area contributed by atoms with Crippen molar-refractivity contribution < 1.29 is 23.5 Å². The van der Waals surface area contributed by atoms with Gasteiger partial charge in [-0.15, -0.1) is 0 Å². The van der Waals surface area contributed by atoms with Crippen LogP contribution in [0, 0.1) is 13.8 Å². The van der Waals surface area contributed by atoms with Gasteiger partial charge in [-0.2, -0.15) is 0 Å². The lowest BCUT2D eigenvalue weighted by Gasteiger charge is -2.10. The maximum Gasteiger partial charge on any atom is 0.262 e. The molecular formula is C23H19NO5. The average molecular weight is 389 g/mol. The van der Waals surface area contributed by atoms with Gasteiger partial charge in [-0.1, -0.05) is 17.7 Å². The second-order valence-electron chi connectivity index (χ2n) is 6.77. The molecule has 29 heavy (non-hydrogen) atoms. The number of carbonyl (C=O) groups is 2. The number of hydrogen-bond acceptors (Lipinski definition) is 5. The SMILES string of the molecule is Cc1ccc(NC(=O)COc2ccc3c(c2)OC(=Cc2ccco2)C3=O)c(C)c1. The van der Waals surface area contributed by atoms with Crippen LogP contribution in [0.5, 0.6) is 11.5 Å². The van der Waals surface area contributed by atoms with Gasteiger partial charge in [0.1, 0.15) is 17.3 Å². The van der Waals surface area contributed by atoms with E-state index in [-0.39, 0.29) is 24.1 Å². The molecule has 4 rings (SSSR count). The summed E-state index contributed by atoms with van der Waals surface area (Å²) in [6.45, 7) is 3.78. The Labute approximate surface area is 167 Å². The molecule has 1 N–H and O–H groups in total. The van der Waals surface area contributed by atoms with Gasteiger partial charge in [-0.25, -0.2) is 0 Å². The van der Waals surface area contributed by atoms with Crippen LogP contribution in [0.1, 0.15) is 27.2 Å². The maximum absolute atomic E-state index is 12.4. The number of ether oxygens (including phenoxy) is 2. The van der Waals surface area contributed by atoms with Crippen LogP contribution in [0.15, 0.2) is 65.0 Å². The van der Waals surface area contributed by atoms with E-state index in [1.807, 2.05) is 32.0 Å². The Balaban J connectivity index is 1.40. The molecule has 1 amide bonds. The predicted molar refractivity (Wildman–Crippen MR) is 108 cm³/mol. The second-order valence-corrected chi connectivity index (χ2v) is 6.77. The minimum atomic E-state index is -0.271. The Morgan fingerprint density at radius 3 is 2.76 bits per heavy atom. The normalized spacial score (nSPS) is 13.9. The number of fused-ring (bicyclic) bond motifs is 1. The summed E-state index contributed by atoms with van der Waals surface area (Å²) in [6.07, 6.45) is 3.06. The van der Waals surface area contributed by atoms with Crippen LogP contribution in [0.25, 0.3) is 6.08 Å². The highest BCUT2D eigenvalue weighted by atomic mass is 16.5. The Bertz CT molecular complexity index is 1110. The third-order valence-electron chi connectivity index (χ3n) is 4.48. The Morgan fingerprint density at radius 2 is 2.00 bits per heavy atom. The van der Waals surface area contributed by atoms with E-state index in [1.54, 1.807) is 36.4 Å². The fraction of sp³-hybridized carbons (Fsp3) is 0.130. The number of anilines is 1. The van der Waals surface area contributed by atoms with Crippen molar-refractivity contribution in [2.75, 3.05) is 11.9 Å². The summed E-state index contributed by atoms with van der Waals surface area (Å²) in [5, 5.41) is 2.83. The molecule has 0 aliphatic carbocycles. The van der Waals surface area contributed by atoms with Crippen molar-refractivity contribution in [2.45, 2.75) is 13.8 Å². The van der Waals surface area contributed by atoms with Crippen LogP contribution in [-0.2, 0) is 4.79 Å². The Kier molecular flexibility index (Phi) is 4.91. The molecule has 0 atom stereocenters. The van der Waals surface area contributed by atoms with Gasteiger partial charge < -0.3 is 19.2 Å². The zero-order valence-corrected chi connectivity index (χ0v) is 16.0. The number of ketones is 1. The molecular weight excluding hydrogens is 370 g/mol. The maximum atomic E-state index is 12.4. The van der Waals surface area contributed by atoms with E-state index >= 15 is 0 Å². The highest BCUT2D eigenvalue weighted by molar-refractivity contribution is 6.14. The van der Waals surface area contributed by atoms with Gasteiger partial charge in [0.2, 0.25) is 5.78 Å². The molecule has 2 heterocycles. The first kappa shape index (κ1) is 18.6. The Hall–Kier alpha value is -3.80. The zero-order valence-electron chi connectivity index (χ0n) is 16.0. The van der Waals surface area contributed by atoms with E-state index in [1.165, 1.54) is 6.26 Å². The third-order valence-corrected chi connectivity index (χ3v) is 4.48. The number of carbonyl (C=O) groups excluding carboxylic acids is 2. The van der Waals surface area contributed by atoms with Crippen LogP contribution in [0.4, 0.5) is 5.69 Å². The first-order valence-electron chi connectivity index (χ1n) is 9.11. The van der Waals surface area contributed by atoms with E-state index < -0.39 is 0 Å². The molecule has 3 aromatic rings. The minimum Gasteiger partial charge on any atom is -0.484 e. The van der Waals surface area contributed by atoms with Crippen LogP contribution in [-0.4, -0.2) is 18.3 Å². The van der Waals surface area contributed by atoms with E-state index in [2.05, 4.69) is 5.32 Å². The third kappa shape index (κ3) is 4.06. The van der Waals surface area contributed by atoms with Crippen molar-refractivity contribution in [3.8, 4) is 11.5 Å². The number of nitrogens with one attached hydrogen (secondary N) is 1. The van der Waals surface area contributed by atoms with Crippen LogP contribution in [0.3, 0.4) is 0 Å². The molecule has 0 bridgehead atoms. The molecule has 0 spiro atoms. The quantitative estimate of drug-likeness (QED) is 0.649. The van der Waals surface area contributed by atoms with Gasteiger partial charge in [-0.05, 0) is 49.7 Å². The van der Waals surface area contributed by atoms with Crippen molar-refractivity contribution in [3.63, 3.8) is 0 Å². The van der Waals surface area contributed by atoms with Crippen molar-refractivity contribution in [3.05, 3.63) is 83.0 Å². The summed E-state index contributed by atoms with van der Waals surface area (Å²) in [7, 11) is 0. The van der Waals surface area contributed by atoms with Crippen LogP contribution in [0.2, 0.25) is 0 Å². The molecule has 146 valence electrons. The van der Waals surface area contributed by atoms with Gasteiger partial charge >= 0.3 is 0 Å². The summed E-state index contributed by atoms with van der Waals surface area (Å²) in [4.78, 5) is 24.6. The Morgan fingerprint density at radius 1 is 1.14 bits per heavy atom. The van der Waals surface area contributed by atoms with Gasteiger partial charge in [0.05, 0.1) is 11.8 Å². The summed E-state index contributed by atoms with van der Waals surface area (Å²) >= 11 is 0. The van der Waals surface area contributed by atoms with Gasteiger partial charge in [-0.3, -0.25) is 9.59 Å². The molecule has 0 unspecified atom stereocenters. The molecule has 2 aromatic carbocycles. The average Bonchev–Trinajstić information content (AvgIpc) is 3.31. The molecule has 1 aliphatic rings. The number of rotatable bonds is 5. The molecule has 1 aromatic heterocycles. The first-order chi connectivity index (χ1) is 14.0. The summed E-state index contributed by atoms with van der Waals surface area (Å²) in [6, 6.07) is 14.1. The molecule has 6 heteroatoms. The molecule has 6 nitrogen and oxygen atoms in total. The topological polar surface area (TPSA) is 77.8 Å². The monoisotopic (exact) mass is 389 g/mol. The predicted octanol–water partition coefficient (Wildman–Crippen LogP) is 4.53. The van der Waals surface area contributed by atoms with E-state index in [0.717, 1.165) is 16.8 Å². The smallest absolute Gasteiger partial charge is 0.262 e. The van der Waals surface area contributed by atoms with Gasteiger partial charge in [0.15, 0.2) is 12.4 Å². The number of furan rings is 1. The summed E-state index contributed by atoms with van der Waals surface area (Å²) in [5.74, 6) is 1.04. The highest BCUT2D eigenvalue weighted by Crippen LogP contribution is 2.34. The minimum absolute atomic E-state index is 0.158. The van der Waals surface area contributed by atoms with E-state index in [9.17, 15) is 9.59 Å². The number of benzene rings is 2. The van der Waals surface area contributed by atoms with E-state index in [0.29, 0.717) is 22.8 Å². The highest BCUT2D eigenvalue weighted by Gasteiger charge is 2.28. The largest absolute Gasteiger partial charge is 0.484 e. The molecule has 1 aliphatic heterocycles. The summed E-state index contributed by atoms with van der Waals surface area (Å²) < 4.78 is 16.4.